The Kier molecular flexibility index (Phi) is 16.5. The van der Waals surface area contributed by atoms with E-state index in [2.05, 4.69) is 5.16 Å². The third-order valence-electron chi connectivity index (χ3n) is 3.73. The van der Waals surface area contributed by atoms with E-state index in [1.54, 1.807) is 12.1 Å². The van der Waals surface area contributed by atoms with Crippen LogP contribution in [0.15, 0.2) is 38.4 Å². The second-order valence-electron chi connectivity index (χ2n) is 6.45. The molecule has 1 aromatic rings. The highest BCUT2D eigenvalue weighted by molar-refractivity contribution is 6.56. The molecule has 5 nitrogen and oxygen atoms in total. The molecular formula is C21H25Cl6NO4. The minimum absolute atomic E-state index is 0.130. The first-order valence-corrected chi connectivity index (χ1v) is 12.1. The predicted molar refractivity (Wildman–Crippen MR) is 135 cm³/mol. The van der Waals surface area contributed by atoms with Crippen LogP contribution in [0.1, 0.15) is 32.6 Å². The molecule has 0 radical (unpaired) electrons. The lowest BCUT2D eigenvalue weighted by atomic mass is 10.2. The van der Waals surface area contributed by atoms with Gasteiger partial charge in [0.1, 0.15) is 27.9 Å². The lowest BCUT2D eigenvalue weighted by molar-refractivity contribution is 0.149. The SMILES string of the molecule is CC(COCCCCCCOc1c(Cl)cc(OCC=C(Cl)Cl)cc1Cl)=NOCC=C(Cl)Cl. The number of rotatable bonds is 16. The first-order chi connectivity index (χ1) is 15.3. The molecule has 0 aliphatic heterocycles. The number of hydrogen-bond acceptors (Lipinski definition) is 5. The first kappa shape index (κ1) is 29.5. The monoisotopic (exact) mass is 565 g/mol. The van der Waals surface area contributed by atoms with E-state index < -0.39 is 0 Å². The zero-order valence-corrected chi connectivity index (χ0v) is 22.1. The van der Waals surface area contributed by atoms with E-state index in [1.165, 1.54) is 12.2 Å². The number of unbranched alkanes of at least 4 members (excludes halogenated alkanes) is 3. The quantitative estimate of drug-likeness (QED) is 0.114. The van der Waals surface area contributed by atoms with Crippen molar-refractivity contribution in [3.63, 3.8) is 0 Å². The number of benzene rings is 1. The molecule has 0 aromatic heterocycles. The fraction of sp³-hybridized carbons (Fsp3) is 0.476. The second kappa shape index (κ2) is 17.9. The summed E-state index contributed by atoms with van der Waals surface area (Å²) in [5, 5.41) is 4.65. The molecule has 32 heavy (non-hydrogen) atoms. The molecule has 11 heteroatoms. The standard InChI is InChI=1S/C21H25Cl6NO4/c1-15(28-32-11-7-20(26)27)14-29-8-4-2-3-5-9-31-21-17(22)12-16(13-18(21)23)30-10-6-19(24)25/h6-7,12-13H,2-5,8-11,14H2,1H3. The van der Waals surface area contributed by atoms with Gasteiger partial charge in [-0.25, -0.2) is 0 Å². The van der Waals surface area contributed by atoms with E-state index in [-0.39, 0.29) is 22.2 Å². The van der Waals surface area contributed by atoms with Gasteiger partial charge >= 0.3 is 0 Å². The van der Waals surface area contributed by atoms with Gasteiger partial charge in [0.2, 0.25) is 0 Å². The summed E-state index contributed by atoms with van der Waals surface area (Å²) in [6, 6.07) is 3.27. The third kappa shape index (κ3) is 14.6. The Labute approximate surface area is 219 Å². The largest absolute Gasteiger partial charge is 0.490 e. The van der Waals surface area contributed by atoms with Crippen molar-refractivity contribution in [2.45, 2.75) is 32.6 Å². The Balaban J connectivity index is 2.16. The van der Waals surface area contributed by atoms with Crippen molar-refractivity contribution in [2.75, 3.05) is 33.0 Å². The summed E-state index contributed by atoms with van der Waals surface area (Å²) < 4.78 is 17.0. The summed E-state index contributed by atoms with van der Waals surface area (Å²) in [6.07, 6.45) is 6.84. The van der Waals surface area contributed by atoms with E-state index in [1.807, 2.05) is 6.92 Å². The molecule has 0 saturated heterocycles. The van der Waals surface area contributed by atoms with Crippen molar-refractivity contribution in [3.05, 3.63) is 43.3 Å². The topological polar surface area (TPSA) is 49.3 Å². The number of halogens is 6. The van der Waals surface area contributed by atoms with Gasteiger partial charge in [0, 0.05) is 18.7 Å². The first-order valence-electron chi connectivity index (χ1n) is 9.79. The van der Waals surface area contributed by atoms with E-state index in [9.17, 15) is 0 Å². The molecule has 0 N–H and O–H groups in total. The molecule has 0 aliphatic carbocycles. The van der Waals surface area contributed by atoms with Crippen molar-refractivity contribution >= 4 is 75.3 Å². The van der Waals surface area contributed by atoms with Crippen molar-refractivity contribution in [3.8, 4) is 11.5 Å². The van der Waals surface area contributed by atoms with Gasteiger partial charge in [0.15, 0.2) is 5.75 Å². The Hall–Kier alpha value is -0.530. The molecule has 0 unspecified atom stereocenters. The predicted octanol–water partition coefficient (Wildman–Crippen LogP) is 8.36. The summed E-state index contributed by atoms with van der Waals surface area (Å²) in [7, 11) is 0. The lowest BCUT2D eigenvalue weighted by Gasteiger charge is -2.12. The molecule has 0 heterocycles. The van der Waals surface area contributed by atoms with Crippen LogP contribution < -0.4 is 9.47 Å². The summed E-state index contributed by atoms with van der Waals surface area (Å²) in [5.41, 5.74) is 0.738. The fourth-order valence-corrected chi connectivity index (χ4v) is 3.11. The van der Waals surface area contributed by atoms with E-state index in [0.717, 1.165) is 31.4 Å². The molecule has 180 valence electrons. The van der Waals surface area contributed by atoms with Crippen molar-refractivity contribution in [1.82, 2.24) is 0 Å². The summed E-state index contributed by atoms with van der Waals surface area (Å²) in [4.78, 5) is 5.03. The Morgan fingerprint density at radius 2 is 1.44 bits per heavy atom. The van der Waals surface area contributed by atoms with Gasteiger partial charge < -0.3 is 19.0 Å². The van der Waals surface area contributed by atoms with Gasteiger partial charge in [-0.1, -0.05) is 81.2 Å². The van der Waals surface area contributed by atoms with Crippen LogP contribution in [-0.2, 0) is 9.57 Å². The molecule has 0 amide bonds. The summed E-state index contributed by atoms with van der Waals surface area (Å²) in [5.74, 6) is 0.942. The normalized spacial score (nSPS) is 11.2. The number of ether oxygens (including phenoxy) is 3. The molecule has 1 rings (SSSR count). The minimum atomic E-state index is 0.130. The van der Waals surface area contributed by atoms with Gasteiger partial charge in [0.25, 0.3) is 0 Å². The molecule has 0 atom stereocenters. The smallest absolute Gasteiger partial charge is 0.156 e. The maximum absolute atomic E-state index is 6.25. The molecule has 0 saturated carbocycles. The maximum atomic E-state index is 6.25. The van der Waals surface area contributed by atoms with Gasteiger partial charge in [-0.05, 0) is 38.3 Å². The Bertz CT molecular complexity index is 755. The van der Waals surface area contributed by atoms with Gasteiger partial charge in [0.05, 0.1) is 29.0 Å². The van der Waals surface area contributed by atoms with E-state index in [0.29, 0.717) is 41.4 Å². The van der Waals surface area contributed by atoms with Crippen LogP contribution in [-0.4, -0.2) is 38.7 Å². The Morgan fingerprint density at radius 1 is 0.844 bits per heavy atom. The molecule has 0 bridgehead atoms. The third-order valence-corrected chi connectivity index (χ3v) is 4.91. The fourth-order valence-electron chi connectivity index (χ4n) is 2.29. The average molecular weight is 568 g/mol. The summed E-state index contributed by atoms with van der Waals surface area (Å²) in [6.45, 7) is 3.82. The molecule has 1 aromatic carbocycles. The molecule has 0 aliphatic rings. The van der Waals surface area contributed by atoms with Crippen LogP contribution in [0.5, 0.6) is 11.5 Å². The van der Waals surface area contributed by atoms with Gasteiger partial charge in [-0.3, -0.25) is 0 Å². The van der Waals surface area contributed by atoms with Crippen molar-refractivity contribution < 1.29 is 19.0 Å². The molecule has 0 spiro atoms. The van der Waals surface area contributed by atoms with Crippen LogP contribution in [0.4, 0.5) is 0 Å². The van der Waals surface area contributed by atoms with Crippen LogP contribution in [0, 0.1) is 0 Å². The highest BCUT2D eigenvalue weighted by Gasteiger charge is 2.10. The lowest BCUT2D eigenvalue weighted by Crippen LogP contribution is -2.07. The maximum Gasteiger partial charge on any atom is 0.156 e. The molecular weight excluding hydrogens is 543 g/mol. The summed E-state index contributed by atoms with van der Waals surface area (Å²) >= 11 is 34.5. The highest BCUT2D eigenvalue weighted by Crippen LogP contribution is 2.37. The molecule has 0 fully saturated rings. The Morgan fingerprint density at radius 3 is 2.06 bits per heavy atom. The van der Waals surface area contributed by atoms with Crippen molar-refractivity contribution in [1.29, 1.82) is 0 Å². The van der Waals surface area contributed by atoms with Crippen LogP contribution >= 0.6 is 69.6 Å². The number of nitrogens with zero attached hydrogens (tertiary/aromatic N) is 1. The van der Waals surface area contributed by atoms with E-state index >= 15 is 0 Å². The number of oxime groups is 1. The van der Waals surface area contributed by atoms with Gasteiger partial charge in [-0.2, -0.15) is 0 Å². The average Bonchev–Trinajstić information content (AvgIpc) is 2.71. The van der Waals surface area contributed by atoms with Crippen LogP contribution in [0.2, 0.25) is 10.0 Å². The van der Waals surface area contributed by atoms with Gasteiger partial charge in [-0.15, -0.1) is 0 Å². The number of hydrogen-bond donors (Lipinski definition) is 0. The highest BCUT2D eigenvalue weighted by atomic mass is 35.5. The van der Waals surface area contributed by atoms with E-state index in [4.69, 9.17) is 88.7 Å². The van der Waals surface area contributed by atoms with Crippen molar-refractivity contribution in [2.24, 2.45) is 5.16 Å². The van der Waals surface area contributed by atoms with Crippen LogP contribution in [0.25, 0.3) is 0 Å². The second-order valence-corrected chi connectivity index (χ2v) is 9.28. The zero-order chi connectivity index (χ0) is 23.8. The zero-order valence-electron chi connectivity index (χ0n) is 17.5. The minimum Gasteiger partial charge on any atom is -0.490 e. The van der Waals surface area contributed by atoms with Crippen LogP contribution in [0.3, 0.4) is 0 Å².